The SMILES string of the molecule is CCCCOC(C)(OCC)O[Si](OC(C)(OCC)OCCCC)(OC(C)(OCC)OCCCC)OC(C)(OCC)OCCCC. The molecule has 0 aliphatic heterocycles. The molecule has 0 aromatic rings. The molecule has 0 radical (unpaired) electrons. The fourth-order valence-corrected chi connectivity index (χ4v) is 6.63. The lowest BCUT2D eigenvalue weighted by atomic mass is 10.4. The first kappa shape index (κ1) is 44.7. The van der Waals surface area contributed by atoms with Gasteiger partial charge in [-0.3, -0.25) is 17.7 Å². The molecule has 0 fully saturated rings. The van der Waals surface area contributed by atoms with Crippen LogP contribution in [0, 0.1) is 0 Å². The van der Waals surface area contributed by atoms with Crippen LogP contribution >= 0.6 is 0 Å². The van der Waals surface area contributed by atoms with Crippen molar-refractivity contribution in [1.29, 1.82) is 0 Å². The monoisotopic (exact) mass is 672 g/mol. The molecule has 0 saturated heterocycles. The Hall–Kier alpha value is -0.263. The van der Waals surface area contributed by atoms with Crippen LogP contribution in [-0.2, 0) is 55.6 Å². The molecular weight excluding hydrogens is 604 g/mol. The topological polar surface area (TPSA) is 111 Å². The number of unbranched alkanes of at least 4 members (excludes halogenated alkanes) is 4. The molecular formula is C32H68O12Si. The summed E-state index contributed by atoms with van der Waals surface area (Å²) in [7, 11) is -4.73. The highest BCUT2D eigenvalue weighted by Crippen LogP contribution is 2.37. The Morgan fingerprint density at radius 1 is 0.333 bits per heavy atom. The predicted molar refractivity (Wildman–Crippen MR) is 174 cm³/mol. The summed E-state index contributed by atoms with van der Waals surface area (Å²) in [5, 5.41) is 0. The molecule has 0 rings (SSSR count). The highest BCUT2D eigenvalue weighted by atomic mass is 28.4. The fourth-order valence-electron chi connectivity index (χ4n) is 4.09. The largest absolute Gasteiger partial charge is 0.695 e. The van der Waals surface area contributed by atoms with E-state index in [4.69, 9.17) is 55.6 Å². The van der Waals surface area contributed by atoms with Crippen LogP contribution in [0.1, 0.15) is 134 Å². The smallest absolute Gasteiger partial charge is 0.329 e. The van der Waals surface area contributed by atoms with E-state index in [1.807, 2.05) is 27.7 Å². The first-order chi connectivity index (χ1) is 21.3. The van der Waals surface area contributed by atoms with Crippen LogP contribution in [0.5, 0.6) is 0 Å². The fraction of sp³-hybridized carbons (Fsp3) is 1.00. The Morgan fingerprint density at radius 3 is 0.689 bits per heavy atom. The summed E-state index contributed by atoms with van der Waals surface area (Å²) in [6, 6.07) is 0. The van der Waals surface area contributed by atoms with Crippen LogP contribution in [0.3, 0.4) is 0 Å². The quantitative estimate of drug-likeness (QED) is 0.0399. The average Bonchev–Trinajstić information content (AvgIpc) is 2.93. The maximum absolute atomic E-state index is 6.71. The molecule has 0 heterocycles. The molecule has 4 unspecified atom stereocenters. The Balaban J connectivity index is 7.36. The second-order valence-corrected chi connectivity index (χ2v) is 12.7. The van der Waals surface area contributed by atoms with Crippen LogP contribution in [-0.4, -0.2) is 85.8 Å². The van der Waals surface area contributed by atoms with Gasteiger partial charge in [0.2, 0.25) is 0 Å². The van der Waals surface area contributed by atoms with Gasteiger partial charge in [-0.05, 0) is 53.4 Å². The minimum Gasteiger partial charge on any atom is -0.329 e. The molecule has 0 aromatic heterocycles. The lowest BCUT2D eigenvalue weighted by molar-refractivity contribution is -0.440. The molecule has 0 spiro atoms. The molecule has 0 aliphatic rings. The standard InChI is InChI=1S/C32H68O12Si/c1-13-21-25-37-29(9,33-17-5)41-45(42-30(10,34-18-6)38-26-22-14-2,43-31(11,35-19-7)39-27-23-15-3)44-32(12,36-20-8)40-28-24-16-4/h13-28H2,1-12H3. The lowest BCUT2D eigenvalue weighted by Gasteiger charge is -2.46. The molecule has 13 heteroatoms. The summed E-state index contributed by atoms with van der Waals surface area (Å²) in [5.41, 5.74) is 0. The van der Waals surface area contributed by atoms with Crippen molar-refractivity contribution in [1.82, 2.24) is 0 Å². The van der Waals surface area contributed by atoms with Crippen LogP contribution in [0.25, 0.3) is 0 Å². The highest BCUT2D eigenvalue weighted by Gasteiger charge is 2.64. The van der Waals surface area contributed by atoms with E-state index in [2.05, 4.69) is 27.7 Å². The molecule has 0 N–H and O–H groups in total. The normalized spacial score (nSPS) is 18.9. The zero-order valence-electron chi connectivity index (χ0n) is 30.7. The van der Waals surface area contributed by atoms with Crippen molar-refractivity contribution in [3.8, 4) is 0 Å². The van der Waals surface area contributed by atoms with Crippen LogP contribution < -0.4 is 0 Å². The molecule has 0 aliphatic carbocycles. The van der Waals surface area contributed by atoms with E-state index in [0.29, 0.717) is 26.4 Å². The number of hydrogen-bond donors (Lipinski definition) is 0. The minimum atomic E-state index is -4.73. The summed E-state index contributed by atoms with van der Waals surface area (Å²) in [6.45, 7) is 24.6. The maximum Gasteiger partial charge on any atom is 0.695 e. The van der Waals surface area contributed by atoms with Gasteiger partial charge in [0.05, 0.1) is 26.4 Å². The van der Waals surface area contributed by atoms with Gasteiger partial charge in [-0.25, -0.2) is 0 Å². The summed E-state index contributed by atoms with van der Waals surface area (Å²) < 4.78 is 75.8. The van der Waals surface area contributed by atoms with E-state index in [0.717, 1.165) is 51.4 Å². The van der Waals surface area contributed by atoms with Gasteiger partial charge in [-0.2, -0.15) is 0 Å². The summed E-state index contributed by atoms with van der Waals surface area (Å²) in [5.74, 6) is -6.72. The van der Waals surface area contributed by atoms with Crippen LogP contribution in [0.15, 0.2) is 0 Å². The van der Waals surface area contributed by atoms with Gasteiger partial charge in [-0.1, -0.05) is 53.4 Å². The van der Waals surface area contributed by atoms with Crippen molar-refractivity contribution >= 4 is 9.05 Å². The molecule has 45 heavy (non-hydrogen) atoms. The second kappa shape index (κ2) is 24.0. The third-order valence-electron chi connectivity index (χ3n) is 6.32. The van der Waals surface area contributed by atoms with Crippen LogP contribution in [0.4, 0.5) is 0 Å². The first-order valence-electron chi connectivity index (χ1n) is 17.2. The maximum atomic E-state index is 6.71. The van der Waals surface area contributed by atoms with Gasteiger partial charge in [0.15, 0.2) is 0 Å². The number of hydrogen-bond acceptors (Lipinski definition) is 12. The molecule has 272 valence electrons. The lowest BCUT2D eigenvalue weighted by Crippen LogP contribution is -2.67. The van der Waals surface area contributed by atoms with Gasteiger partial charge in [0, 0.05) is 54.1 Å². The second-order valence-electron chi connectivity index (χ2n) is 10.9. The molecule has 0 amide bonds. The van der Waals surface area contributed by atoms with Crippen molar-refractivity contribution in [3.05, 3.63) is 0 Å². The number of ether oxygens (including phenoxy) is 8. The van der Waals surface area contributed by atoms with E-state index >= 15 is 0 Å². The summed E-state index contributed by atoms with van der Waals surface area (Å²) >= 11 is 0. The van der Waals surface area contributed by atoms with Crippen molar-refractivity contribution < 1.29 is 55.6 Å². The Bertz CT molecular complexity index is 604. The van der Waals surface area contributed by atoms with Crippen molar-refractivity contribution in [2.75, 3.05) is 52.9 Å². The minimum absolute atomic E-state index is 0.258. The Labute approximate surface area is 275 Å². The Morgan fingerprint density at radius 2 is 0.533 bits per heavy atom. The van der Waals surface area contributed by atoms with Gasteiger partial charge in [0.25, 0.3) is 23.9 Å². The van der Waals surface area contributed by atoms with Crippen LogP contribution in [0.2, 0.25) is 0 Å². The zero-order valence-corrected chi connectivity index (χ0v) is 31.7. The van der Waals surface area contributed by atoms with Crippen molar-refractivity contribution in [3.63, 3.8) is 0 Å². The van der Waals surface area contributed by atoms with Crippen molar-refractivity contribution in [2.45, 2.75) is 158 Å². The summed E-state index contributed by atoms with van der Waals surface area (Å²) in [6.07, 6.45) is 6.71. The predicted octanol–water partition coefficient (Wildman–Crippen LogP) is 7.60. The van der Waals surface area contributed by atoms with E-state index in [-0.39, 0.29) is 26.4 Å². The van der Waals surface area contributed by atoms with E-state index < -0.39 is 32.9 Å². The molecule has 0 saturated carbocycles. The highest BCUT2D eigenvalue weighted by molar-refractivity contribution is 6.54. The molecule has 0 bridgehead atoms. The van der Waals surface area contributed by atoms with Crippen molar-refractivity contribution in [2.24, 2.45) is 0 Å². The molecule has 4 atom stereocenters. The zero-order chi connectivity index (χ0) is 34.3. The molecule has 0 aromatic carbocycles. The van der Waals surface area contributed by atoms with E-state index in [1.165, 1.54) is 0 Å². The number of rotatable bonds is 32. The van der Waals surface area contributed by atoms with E-state index in [1.54, 1.807) is 27.7 Å². The van der Waals surface area contributed by atoms with Gasteiger partial charge >= 0.3 is 9.05 Å². The van der Waals surface area contributed by atoms with Gasteiger partial charge in [-0.15, -0.1) is 0 Å². The Kier molecular flexibility index (Phi) is 23.8. The third kappa shape index (κ3) is 18.8. The van der Waals surface area contributed by atoms with Gasteiger partial charge in [0.1, 0.15) is 0 Å². The summed E-state index contributed by atoms with van der Waals surface area (Å²) in [4.78, 5) is 0. The average molecular weight is 673 g/mol. The first-order valence-corrected chi connectivity index (χ1v) is 18.9. The molecule has 12 nitrogen and oxygen atoms in total. The van der Waals surface area contributed by atoms with Gasteiger partial charge < -0.3 is 37.9 Å². The third-order valence-corrected chi connectivity index (χ3v) is 8.80. The van der Waals surface area contributed by atoms with E-state index in [9.17, 15) is 0 Å².